The molecule has 70 valence electrons. The van der Waals surface area contributed by atoms with E-state index in [9.17, 15) is 4.79 Å². The summed E-state index contributed by atoms with van der Waals surface area (Å²) in [4.78, 5) is 15.0. The molecule has 0 radical (unpaired) electrons. The molecular formula is C9H12N2O2. The number of allylic oxidation sites excluding steroid dienone is 1. The average Bonchev–Trinajstić information content (AvgIpc) is 2.51. The minimum atomic E-state index is -0.361. The lowest BCUT2D eigenvalue weighted by Crippen LogP contribution is -1.99. The normalized spacial score (nSPS) is 11.5. The monoisotopic (exact) mass is 180 g/mol. The van der Waals surface area contributed by atoms with Crippen LogP contribution in [0.4, 0.5) is 0 Å². The van der Waals surface area contributed by atoms with Crippen LogP contribution in [-0.4, -0.2) is 22.6 Å². The van der Waals surface area contributed by atoms with Crippen molar-refractivity contribution < 1.29 is 9.53 Å². The average molecular weight is 180 g/mol. The van der Waals surface area contributed by atoms with Gasteiger partial charge in [-0.25, -0.2) is 9.78 Å². The van der Waals surface area contributed by atoms with Gasteiger partial charge < -0.3 is 9.30 Å². The molecule has 0 saturated carbocycles. The van der Waals surface area contributed by atoms with Gasteiger partial charge in [0.15, 0.2) is 0 Å². The van der Waals surface area contributed by atoms with Crippen molar-refractivity contribution in [1.82, 2.24) is 9.55 Å². The quantitative estimate of drug-likeness (QED) is 0.503. The minimum absolute atomic E-state index is 0.361. The van der Waals surface area contributed by atoms with Gasteiger partial charge in [0.25, 0.3) is 0 Å². The third-order valence-corrected chi connectivity index (χ3v) is 1.71. The molecular weight excluding hydrogens is 168 g/mol. The molecule has 0 amide bonds. The molecule has 0 saturated heterocycles. The summed E-state index contributed by atoms with van der Waals surface area (Å²) in [5, 5.41) is 0. The van der Waals surface area contributed by atoms with E-state index in [0.29, 0.717) is 0 Å². The number of ether oxygens (including phenoxy) is 1. The molecule has 0 aliphatic carbocycles. The van der Waals surface area contributed by atoms with E-state index in [1.807, 2.05) is 24.7 Å². The van der Waals surface area contributed by atoms with Crippen LogP contribution in [0.5, 0.6) is 0 Å². The maximum absolute atomic E-state index is 10.9. The molecule has 13 heavy (non-hydrogen) atoms. The first-order valence-electron chi connectivity index (χ1n) is 3.89. The van der Waals surface area contributed by atoms with Gasteiger partial charge in [-0.2, -0.15) is 0 Å². The molecule has 0 aliphatic rings. The molecule has 1 rings (SSSR count). The fourth-order valence-electron chi connectivity index (χ4n) is 1.05. The van der Waals surface area contributed by atoms with Gasteiger partial charge in [-0.15, -0.1) is 0 Å². The molecule has 0 N–H and O–H groups in total. The summed E-state index contributed by atoms with van der Waals surface area (Å²) in [6.45, 7) is 1.82. The minimum Gasteiger partial charge on any atom is -0.466 e. The molecule has 0 bridgehead atoms. The Morgan fingerprint density at radius 1 is 1.69 bits per heavy atom. The van der Waals surface area contributed by atoms with Gasteiger partial charge in [0.2, 0.25) is 0 Å². The number of methoxy groups -OCH3 is 1. The van der Waals surface area contributed by atoms with E-state index >= 15 is 0 Å². The molecule has 0 aromatic carbocycles. The van der Waals surface area contributed by atoms with Crippen LogP contribution >= 0.6 is 0 Å². The highest BCUT2D eigenvalue weighted by Crippen LogP contribution is 2.09. The number of carbonyl (C=O) groups is 1. The van der Waals surface area contributed by atoms with Crippen molar-refractivity contribution in [3.05, 3.63) is 24.3 Å². The Bertz CT molecular complexity index is 339. The summed E-state index contributed by atoms with van der Waals surface area (Å²) in [6.07, 6.45) is 4.93. The zero-order valence-electron chi connectivity index (χ0n) is 7.94. The fourth-order valence-corrected chi connectivity index (χ4v) is 1.05. The van der Waals surface area contributed by atoms with E-state index in [0.717, 1.165) is 11.4 Å². The number of nitrogens with zero attached hydrogens (tertiary/aromatic N) is 2. The SMILES string of the molecule is COC(=O)/C=C(/C)c1nccn1C. The van der Waals surface area contributed by atoms with Crippen LogP contribution in [0.15, 0.2) is 18.5 Å². The predicted octanol–water partition coefficient (Wildman–Crippen LogP) is 0.996. The maximum Gasteiger partial charge on any atom is 0.330 e. The van der Waals surface area contributed by atoms with E-state index in [-0.39, 0.29) is 5.97 Å². The molecule has 1 heterocycles. The molecule has 0 spiro atoms. The molecule has 0 fully saturated rings. The standard InChI is InChI=1S/C9H12N2O2/c1-7(6-8(12)13-3)9-10-4-5-11(9)2/h4-6H,1-3H3/b7-6-. The Hall–Kier alpha value is -1.58. The Balaban J connectivity index is 2.91. The summed E-state index contributed by atoms with van der Waals surface area (Å²) < 4.78 is 6.35. The van der Waals surface area contributed by atoms with E-state index < -0.39 is 0 Å². The first kappa shape index (κ1) is 9.51. The summed E-state index contributed by atoms with van der Waals surface area (Å²) in [5.74, 6) is 0.408. The van der Waals surface area contributed by atoms with Gasteiger partial charge in [-0.1, -0.05) is 0 Å². The summed E-state index contributed by atoms with van der Waals surface area (Å²) in [7, 11) is 3.22. The van der Waals surface area contributed by atoms with Crippen molar-refractivity contribution in [2.45, 2.75) is 6.92 Å². The van der Waals surface area contributed by atoms with E-state index in [1.165, 1.54) is 13.2 Å². The van der Waals surface area contributed by atoms with Crippen molar-refractivity contribution >= 4 is 11.5 Å². The Kier molecular flexibility index (Phi) is 2.84. The van der Waals surface area contributed by atoms with Crippen LogP contribution in [0, 0.1) is 0 Å². The number of esters is 1. The van der Waals surface area contributed by atoms with Gasteiger partial charge in [-0.3, -0.25) is 0 Å². The van der Waals surface area contributed by atoms with Crippen molar-refractivity contribution in [3.63, 3.8) is 0 Å². The lowest BCUT2D eigenvalue weighted by atomic mass is 10.2. The van der Waals surface area contributed by atoms with Crippen LogP contribution in [-0.2, 0) is 16.6 Å². The zero-order chi connectivity index (χ0) is 9.84. The van der Waals surface area contributed by atoms with Crippen molar-refractivity contribution in [1.29, 1.82) is 0 Å². The second-order valence-electron chi connectivity index (χ2n) is 2.71. The van der Waals surface area contributed by atoms with Gasteiger partial charge in [0.05, 0.1) is 7.11 Å². The number of imidazole rings is 1. The lowest BCUT2D eigenvalue weighted by molar-refractivity contribution is -0.134. The Labute approximate surface area is 76.8 Å². The molecule has 4 nitrogen and oxygen atoms in total. The van der Waals surface area contributed by atoms with E-state index in [1.54, 1.807) is 6.20 Å². The summed E-state index contributed by atoms with van der Waals surface area (Å²) in [6, 6.07) is 0. The van der Waals surface area contributed by atoms with Crippen molar-refractivity contribution in [2.75, 3.05) is 7.11 Å². The summed E-state index contributed by atoms with van der Waals surface area (Å²) >= 11 is 0. The number of aromatic nitrogens is 2. The number of hydrogen-bond acceptors (Lipinski definition) is 3. The van der Waals surface area contributed by atoms with Crippen LogP contribution in [0.1, 0.15) is 12.7 Å². The summed E-state index contributed by atoms with van der Waals surface area (Å²) in [5.41, 5.74) is 0.791. The second kappa shape index (κ2) is 3.89. The van der Waals surface area contributed by atoms with Gasteiger partial charge >= 0.3 is 5.97 Å². The van der Waals surface area contributed by atoms with Crippen LogP contribution in [0.2, 0.25) is 0 Å². The molecule has 1 aromatic heterocycles. The van der Waals surface area contributed by atoms with Crippen LogP contribution in [0.3, 0.4) is 0 Å². The lowest BCUT2D eigenvalue weighted by Gasteiger charge is -2.00. The third kappa shape index (κ3) is 2.18. The highest BCUT2D eigenvalue weighted by Gasteiger charge is 2.03. The molecule has 0 unspecified atom stereocenters. The number of aryl methyl sites for hydroxylation is 1. The van der Waals surface area contributed by atoms with E-state index in [2.05, 4.69) is 9.72 Å². The highest BCUT2D eigenvalue weighted by atomic mass is 16.5. The number of carbonyl (C=O) groups excluding carboxylic acids is 1. The van der Waals surface area contributed by atoms with Crippen molar-refractivity contribution in [2.24, 2.45) is 7.05 Å². The fraction of sp³-hybridized carbons (Fsp3) is 0.333. The van der Waals surface area contributed by atoms with Crippen molar-refractivity contribution in [3.8, 4) is 0 Å². The largest absolute Gasteiger partial charge is 0.466 e. The molecule has 0 aliphatic heterocycles. The zero-order valence-corrected chi connectivity index (χ0v) is 7.94. The van der Waals surface area contributed by atoms with Crippen LogP contribution < -0.4 is 0 Å². The Morgan fingerprint density at radius 3 is 2.85 bits per heavy atom. The molecule has 1 aromatic rings. The number of rotatable bonds is 2. The predicted molar refractivity (Wildman–Crippen MR) is 48.9 cm³/mol. The topological polar surface area (TPSA) is 44.1 Å². The first-order valence-corrected chi connectivity index (χ1v) is 3.89. The smallest absolute Gasteiger partial charge is 0.330 e. The number of hydrogen-bond donors (Lipinski definition) is 0. The Morgan fingerprint density at radius 2 is 2.38 bits per heavy atom. The van der Waals surface area contributed by atoms with Crippen LogP contribution in [0.25, 0.3) is 5.57 Å². The maximum atomic E-state index is 10.9. The molecule has 0 atom stereocenters. The second-order valence-corrected chi connectivity index (χ2v) is 2.71. The first-order chi connectivity index (χ1) is 6.15. The van der Waals surface area contributed by atoms with Gasteiger partial charge in [-0.05, 0) is 12.5 Å². The highest BCUT2D eigenvalue weighted by molar-refractivity contribution is 5.89. The third-order valence-electron chi connectivity index (χ3n) is 1.71. The molecule has 4 heteroatoms. The van der Waals surface area contributed by atoms with E-state index in [4.69, 9.17) is 0 Å². The van der Waals surface area contributed by atoms with Gasteiger partial charge in [0, 0.05) is 25.5 Å². The van der Waals surface area contributed by atoms with Gasteiger partial charge in [0.1, 0.15) is 5.82 Å².